The van der Waals surface area contributed by atoms with E-state index in [0.717, 1.165) is 6.07 Å². The van der Waals surface area contributed by atoms with Crippen molar-refractivity contribution in [1.82, 2.24) is 0 Å². The molecule has 1 aromatic carbocycles. The molecule has 0 spiro atoms. The largest absolute Gasteiger partial charge is 0.436 e. The lowest BCUT2D eigenvalue weighted by Gasteiger charge is -2.14. The van der Waals surface area contributed by atoms with Gasteiger partial charge in [-0.2, -0.15) is 0 Å². The van der Waals surface area contributed by atoms with Crippen LogP contribution in [-0.4, -0.2) is 0 Å². The number of pyridine rings is 2. The van der Waals surface area contributed by atoms with Gasteiger partial charge in [-0.1, -0.05) is 6.07 Å². The van der Waals surface area contributed by atoms with Crippen molar-refractivity contribution in [1.29, 1.82) is 0 Å². The van der Waals surface area contributed by atoms with E-state index in [1.807, 2.05) is 58.1 Å². The van der Waals surface area contributed by atoms with E-state index < -0.39 is 16.6 Å². The summed E-state index contributed by atoms with van der Waals surface area (Å²) in [5.41, 5.74) is 1.53. The van der Waals surface area contributed by atoms with Crippen LogP contribution in [0.25, 0.3) is 11.3 Å². The van der Waals surface area contributed by atoms with Crippen LogP contribution in [-0.2, 0) is 4.99 Å². The summed E-state index contributed by atoms with van der Waals surface area (Å²) in [5.74, 6) is -1.19. The van der Waals surface area contributed by atoms with Gasteiger partial charge >= 0.3 is 4.99 Å². The van der Waals surface area contributed by atoms with Crippen LogP contribution in [0.3, 0.4) is 0 Å². The fourth-order valence-electron chi connectivity index (χ4n) is 3.02. The maximum Gasteiger partial charge on any atom is 0.436 e. The number of nitrogens with zero attached hydrogens (tertiary/aromatic N) is 2. The summed E-state index contributed by atoms with van der Waals surface area (Å²) in [5, 5.41) is 0. The van der Waals surface area contributed by atoms with Crippen LogP contribution in [0.5, 0.6) is 0 Å². The van der Waals surface area contributed by atoms with Crippen molar-refractivity contribution in [2.75, 3.05) is 0 Å². The van der Waals surface area contributed by atoms with Crippen molar-refractivity contribution in [2.24, 2.45) is 0 Å². The Morgan fingerprint density at radius 3 is 2.41 bits per heavy atom. The summed E-state index contributed by atoms with van der Waals surface area (Å²) in [6.45, 7) is 0. The molecule has 4 rings (SSSR count). The van der Waals surface area contributed by atoms with Gasteiger partial charge in [0, 0.05) is 30.3 Å². The first-order valence-electron chi connectivity index (χ1n) is 6.82. The highest BCUT2D eigenvalue weighted by molar-refractivity contribution is 7.80. The lowest BCUT2D eigenvalue weighted by atomic mass is 10.0. The molecule has 0 radical (unpaired) electrons. The number of rotatable bonds is 1. The average Bonchev–Trinajstić information content (AvgIpc) is 2.79. The van der Waals surface area contributed by atoms with Crippen LogP contribution in [0, 0.1) is 11.6 Å². The Labute approximate surface area is 131 Å². The molecule has 0 N–H and O–H groups in total. The van der Waals surface area contributed by atoms with E-state index in [4.69, 9.17) is 12.6 Å². The monoisotopic (exact) mass is 314 g/mol. The third-order valence-electron chi connectivity index (χ3n) is 3.94. The number of benzene rings is 1. The molecule has 0 fully saturated rings. The fourth-order valence-corrected chi connectivity index (χ4v) is 3.50. The Hall–Kier alpha value is -2.27. The predicted molar refractivity (Wildman–Crippen MR) is 80.1 cm³/mol. The van der Waals surface area contributed by atoms with Crippen molar-refractivity contribution in [3.05, 3.63) is 84.3 Å². The maximum absolute atomic E-state index is 14.4. The van der Waals surface area contributed by atoms with Crippen molar-refractivity contribution in [3.63, 3.8) is 0 Å². The van der Waals surface area contributed by atoms with Gasteiger partial charge in [0.2, 0.25) is 5.69 Å². The third-order valence-corrected chi connectivity index (χ3v) is 4.63. The van der Waals surface area contributed by atoms with Crippen molar-refractivity contribution >= 4 is 12.6 Å². The lowest BCUT2D eigenvalue weighted by molar-refractivity contribution is -0.944. The van der Waals surface area contributed by atoms with Gasteiger partial charge in [-0.15, -0.1) is 9.13 Å². The van der Waals surface area contributed by atoms with Crippen molar-refractivity contribution < 1.29 is 17.9 Å². The zero-order valence-corrected chi connectivity index (χ0v) is 12.3. The van der Waals surface area contributed by atoms with E-state index in [2.05, 4.69) is 0 Å². The van der Waals surface area contributed by atoms with E-state index in [1.54, 1.807) is 6.07 Å². The van der Waals surface area contributed by atoms with Crippen LogP contribution in [0.4, 0.5) is 8.78 Å². The lowest BCUT2D eigenvalue weighted by Crippen LogP contribution is -2.69. The SMILES string of the molecule is Fc1cc(F)c2c(c1)C(S)([n+]1ccccc1)[n+]1ccccc1-2. The Balaban J connectivity index is 2.14. The minimum Gasteiger partial charge on any atom is -0.207 e. The second-order valence-electron chi connectivity index (χ2n) is 5.18. The Morgan fingerprint density at radius 1 is 0.909 bits per heavy atom. The molecule has 5 heteroatoms. The van der Waals surface area contributed by atoms with Crippen LogP contribution in [0.1, 0.15) is 5.56 Å². The van der Waals surface area contributed by atoms with E-state index >= 15 is 0 Å². The molecule has 108 valence electrons. The number of halogens is 2. The summed E-state index contributed by atoms with van der Waals surface area (Å²) < 4.78 is 31.9. The minimum absolute atomic E-state index is 0.383. The van der Waals surface area contributed by atoms with Gasteiger partial charge < -0.3 is 0 Å². The second-order valence-corrected chi connectivity index (χ2v) is 5.81. The van der Waals surface area contributed by atoms with E-state index in [1.165, 1.54) is 6.07 Å². The summed E-state index contributed by atoms with van der Waals surface area (Å²) in [7, 11) is 0. The molecule has 1 atom stereocenters. The molecule has 1 aliphatic rings. The molecular formula is C17H12F2N2S+2. The zero-order chi connectivity index (χ0) is 15.3. The maximum atomic E-state index is 14.4. The second kappa shape index (κ2) is 4.61. The van der Waals surface area contributed by atoms with Gasteiger partial charge in [-0.3, -0.25) is 0 Å². The van der Waals surface area contributed by atoms with Crippen LogP contribution in [0.2, 0.25) is 0 Å². The minimum atomic E-state index is -1.02. The van der Waals surface area contributed by atoms with E-state index in [0.29, 0.717) is 16.8 Å². The number of aromatic nitrogens is 2. The quantitative estimate of drug-likeness (QED) is 0.522. The topological polar surface area (TPSA) is 7.76 Å². The molecule has 0 saturated heterocycles. The summed E-state index contributed by atoms with van der Waals surface area (Å²) in [6.07, 6.45) is 5.48. The highest BCUT2D eigenvalue weighted by Gasteiger charge is 2.57. The first kappa shape index (κ1) is 13.4. The van der Waals surface area contributed by atoms with Gasteiger partial charge in [0.15, 0.2) is 18.6 Å². The molecule has 3 aromatic rings. The van der Waals surface area contributed by atoms with Gasteiger partial charge in [0.25, 0.3) is 0 Å². The average molecular weight is 314 g/mol. The van der Waals surface area contributed by atoms with Gasteiger partial charge in [0.05, 0.1) is 0 Å². The van der Waals surface area contributed by atoms with Gasteiger partial charge in [-0.25, -0.2) is 8.78 Å². The van der Waals surface area contributed by atoms with Crippen LogP contribution >= 0.6 is 12.6 Å². The van der Waals surface area contributed by atoms with Gasteiger partial charge in [-0.05, 0) is 24.8 Å². The molecule has 0 aliphatic carbocycles. The van der Waals surface area contributed by atoms with Crippen LogP contribution in [0.15, 0.2) is 67.1 Å². The zero-order valence-electron chi connectivity index (χ0n) is 11.4. The van der Waals surface area contributed by atoms with Crippen molar-refractivity contribution in [3.8, 4) is 11.3 Å². The molecule has 0 amide bonds. The van der Waals surface area contributed by atoms with E-state index in [-0.39, 0.29) is 0 Å². The van der Waals surface area contributed by atoms with E-state index in [9.17, 15) is 8.78 Å². The highest BCUT2D eigenvalue weighted by atomic mass is 32.1. The highest BCUT2D eigenvalue weighted by Crippen LogP contribution is 2.39. The first-order valence-corrected chi connectivity index (χ1v) is 7.27. The third kappa shape index (κ3) is 1.66. The van der Waals surface area contributed by atoms with Crippen molar-refractivity contribution in [2.45, 2.75) is 4.99 Å². The first-order chi connectivity index (χ1) is 10.6. The number of thiol groups is 1. The molecule has 1 unspecified atom stereocenters. The summed E-state index contributed by atoms with van der Waals surface area (Å²) >= 11 is 4.82. The fraction of sp³-hybridized carbons (Fsp3) is 0.0588. The number of hydrogen-bond acceptors (Lipinski definition) is 1. The molecule has 1 aliphatic heterocycles. The number of hydrogen-bond donors (Lipinski definition) is 1. The Bertz CT molecular complexity index is 883. The molecule has 0 saturated carbocycles. The molecular weight excluding hydrogens is 302 g/mol. The Kier molecular flexibility index (Phi) is 2.81. The summed E-state index contributed by atoms with van der Waals surface area (Å²) in [4.78, 5) is -1.02. The normalized spacial score (nSPS) is 18.9. The smallest absolute Gasteiger partial charge is 0.207 e. The Morgan fingerprint density at radius 2 is 1.64 bits per heavy atom. The van der Waals surface area contributed by atoms with Gasteiger partial charge in [0.1, 0.15) is 22.8 Å². The predicted octanol–water partition coefficient (Wildman–Crippen LogP) is 2.66. The molecule has 2 nitrogen and oxygen atoms in total. The molecule has 3 heterocycles. The standard InChI is InChI=1S/C17H11F2N2S/c18-12-10-13-16(14(19)11-12)15-6-2-5-9-21(15)17(13,22)20-7-3-1-4-8-20/h1-11H/q+1/p+1. The molecule has 2 aromatic heterocycles. The summed E-state index contributed by atoms with van der Waals surface area (Å²) in [6, 6.07) is 13.3. The number of fused-ring (bicyclic) bond motifs is 3. The molecule has 0 bridgehead atoms. The molecule has 22 heavy (non-hydrogen) atoms. The van der Waals surface area contributed by atoms with Crippen LogP contribution < -0.4 is 9.13 Å².